The summed E-state index contributed by atoms with van der Waals surface area (Å²) in [7, 11) is 0. The third kappa shape index (κ3) is 9.41. The van der Waals surface area contributed by atoms with Crippen LogP contribution in [0.5, 0.6) is 0 Å². The highest BCUT2D eigenvalue weighted by molar-refractivity contribution is 7.99. The van der Waals surface area contributed by atoms with E-state index in [-0.39, 0.29) is 0 Å². The summed E-state index contributed by atoms with van der Waals surface area (Å²) < 4.78 is 0. The quantitative estimate of drug-likeness (QED) is 0.410. The summed E-state index contributed by atoms with van der Waals surface area (Å²) in [5.74, 6) is 10.2. The van der Waals surface area contributed by atoms with E-state index >= 15 is 0 Å². The molecule has 1 aliphatic carbocycles. The van der Waals surface area contributed by atoms with Crippen LogP contribution in [0.15, 0.2) is 0 Å². The SMILES string of the molecule is CCCSCCC#C[C@H]1CCC[C@@H]1CCCCCCC(=O)O. The number of thioether (sulfide) groups is 1. The van der Waals surface area contributed by atoms with E-state index in [0.717, 1.165) is 25.2 Å². The molecule has 0 bridgehead atoms. The highest BCUT2D eigenvalue weighted by Crippen LogP contribution is 2.35. The van der Waals surface area contributed by atoms with Gasteiger partial charge in [0.15, 0.2) is 0 Å². The molecule has 0 saturated heterocycles. The Morgan fingerprint density at radius 1 is 1.18 bits per heavy atom. The van der Waals surface area contributed by atoms with E-state index in [0.29, 0.717) is 12.3 Å². The van der Waals surface area contributed by atoms with E-state index < -0.39 is 5.97 Å². The molecular weight excluding hydrogens is 292 g/mol. The second-order valence-electron chi connectivity index (χ2n) is 6.33. The molecule has 0 aromatic carbocycles. The molecule has 1 rings (SSSR count). The van der Waals surface area contributed by atoms with Gasteiger partial charge in [0.1, 0.15) is 0 Å². The molecule has 3 heteroatoms. The van der Waals surface area contributed by atoms with Crippen LogP contribution < -0.4 is 0 Å². The van der Waals surface area contributed by atoms with Crippen LogP contribution in [0.25, 0.3) is 0 Å². The van der Waals surface area contributed by atoms with Crippen LogP contribution in [0.4, 0.5) is 0 Å². The van der Waals surface area contributed by atoms with Crippen LogP contribution in [0.1, 0.15) is 77.6 Å². The van der Waals surface area contributed by atoms with Gasteiger partial charge in [-0.1, -0.05) is 38.5 Å². The molecular formula is C19H32O2S. The van der Waals surface area contributed by atoms with Crippen molar-refractivity contribution in [3.8, 4) is 11.8 Å². The van der Waals surface area contributed by atoms with Gasteiger partial charge in [0.25, 0.3) is 0 Å². The van der Waals surface area contributed by atoms with Gasteiger partial charge in [-0.2, -0.15) is 11.8 Å². The summed E-state index contributed by atoms with van der Waals surface area (Å²) in [6.07, 6.45) is 12.2. The maximum absolute atomic E-state index is 10.5. The monoisotopic (exact) mass is 324 g/mol. The molecule has 1 aliphatic rings. The lowest BCUT2D eigenvalue weighted by Crippen LogP contribution is -2.05. The van der Waals surface area contributed by atoms with Crippen LogP contribution in [0, 0.1) is 23.7 Å². The van der Waals surface area contributed by atoms with Crippen molar-refractivity contribution in [3.05, 3.63) is 0 Å². The zero-order valence-corrected chi connectivity index (χ0v) is 14.9. The molecule has 1 N–H and O–H groups in total. The summed E-state index contributed by atoms with van der Waals surface area (Å²) in [6.45, 7) is 2.23. The number of hydrogen-bond acceptors (Lipinski definition) is 2. The predicted octanol–water partition coefficient (Wildman–Crippen LogP) is 5.36. The number of carboxylic acid groups (broad SMARTS) is 1. The zero-order valence-electron chi connectivity index (χ0n) is 14.1. The van der Waals surface area contributed by atoms with E-state index in [2.05, 4.69) is 18.8 Å². The number of aliphatic carboxylic acids is 1. The normalized spacial score (nSPS) is 20.6. The van der Waals surface area contributed by atoms with Gasteiger partial charge in [-0.15, -0.1) is 5.92 Å². The Kier molecular flexibility index (Phi) is 11.4. The van der Waals surface area contributed by atoms with Crippen molar-refractivity contribution in [2.45, 2.75) is 77.6 Å². The Morgan fingerprint density at radius 3 is 2.77 bits per heavy atom. The van der Waals surface area contributed by atoms with Crippen molar-refractivity contribution in [3.63, 3.8) is 0 Å². The predicted molar refractivity (Wildman–Crippen MR) is 96.2 cm³/mol. The minimum atomic E-state index is -0.664. The summed E-state index contributed by atoms with van der Waals surface area (Å²) >= 11 is 2.02. The van der Waals surface area contributed by atoms with Gasteiger partial charge in [-0.3, -0.25) is 4.79 Å². The van der Waals surface area contributed by atoms with Crippen LogP contribution in [-0.2, 0) is 4.79 Å². The molecule has 0 aromatic heterocycles. The van der Waals surface area contributed by atoms with Crippen molar-refractivity contribution in [2.24, 2.45) is 11.8 Å². The molecule has 0 unspecified atom stereocenters. The van der Waals surface area contributed by atoms with Crippen molar-refractivity contribution in [1.29, 1.82) is 0 Å². The summed E-state index contributed by atoms with van der Waals surface area (Å²) in [6, 6.07) is 0. The fourth-order valence-corrected chi connectivity index (χ4v) is 3.92. The molecule has 0 aromatic rings. The molecule has 2 atom stereocenters. The smallest absolute Gasteiger partial charge is 0.303 e. The third-order valence-electron chi connectivity index (χ3n) is 4.38. The first-order chi connectivity index (χ1) is 10.7. The van der Waals surface area contributed by atoms with Crippen LogP contribution >= 0.6 is 11.8 Å². The minimum absolute atomic E-state index is 0.327. The van der Waals surface area contributed by atoms with E-state index in [4.69, 9.17) is 5.11 Å². The van der Waals surface area contributed by atoms with Gasteiger partial charge in [-0.25, -0.2) is 0 Å². The first-order valence-electron chi connectivity index (χ1n) is 9.02. The average molecular weight is 325 g/mol. The molecule has 1 fully saturated rings. The fraction of sp³-hybridized carbons (Fsp3) is 0.842. The number of carboxylic acids is 1. The largest absolute Gasteiger partial charge is 0.481 e. The third-order valence-corrected chi connectivity index (χ3v) is 5.57. The van der Waals surface area contributed by atoms with Gasteiger partial charge < -0.3 is 5.11 Å². The Balaban J connectivity index is 2.09. The average Bonchev–Trinajstić information content (AvgIpc) is 2.93. The maximum atomic E-state index is 10.5. The number of unbranched alkanes of at least 4 members (excludes halogenated alkanes) is 3. The Bertz CT molecular complexity index is 356. The van der Waals surface area contributed by atoms with Crippen molar-refractivity contribution in [2.75, 3.05) is 11.5 Å². The van der Waals surface area contributed by atoms with Gasteiger partial charge in [0.05, 0.1) is 0 Å². The molecule has 0 heterocycles. The minimum Gasteiger partial charge on any atom is -0.481 e. The molecule has 0 amide bonds. The van der Waals surface area contributed by atoms with Gasteiger partial charge in [0, 0.05) is 24.5 Å². The van der Waals surface area contributed by atoms with Crippen molar-refractivity contribution in [1.82, 2.24) is 0 Å². The summed E-state index contributed by atoms with van der Waals surface area (Å²) in [5.41, 5.74) is 0. The lowest BCUT2D eigenvalue weighted by molar-refractivity contribution is -0.137. The first kappa shape index (κ1) is 19.4. The van der Waals surface area contributed by atoms with Crippen LogP contribution in [0.2, 0.25) is 0 Å². The van der Waals surface area contributed by atoms with Crippen LogP contribution in [0.3, 0.4) is 0 Å². The molecule has 2 nitrogen and oxygen atoms in total. The van der Waals surface area contributed by atoms with Crippen LogP contribution in [-0.4, -0.2) is 22.6 Å². The molecule has 22 heavy (non-hydrogen) atoms. The molecule has 0 radical (unpaired) electrons. The fourth-order valence-electron chi connectivity index (χ4n) is 3.18. The highest BCUT2D eigenvalue weighted by atomic mass is 32.2. The Morgan fingerprint density at radius 2 is 2.00 bits per heavy atom. The van der Waals surface area contributed by atoms with E-state index in [9.17, 15) is 4.79 Å². The first-order valence-corrected chi connectivity index (χ1v) is 10.2. The van der Waals surface area contributed by atoms with Crippen molar-refractivity contribution < 1.29 is 9.90 Å². The number of carbonyl (C=O) groups is 1. The second-order valence-corrected chi connectivity index (χ2v) is 7.55. The topological polar surface area (TPSA) is 37.3 Å². The lowest BCUT2D eigenvalue weighted by Gasteiger charge is -2.14. The second kappa shape index (κ2) is 12.9. The van der Waals surface area contributed by atoms with Gasteiger partial charge in [-0.05, 0) is 43.8 Å². The number of hydrogen-bond donors (Lipinski definition) is 1. The zero-order chi connectivity index (χ0) is 16.0. The molecule has 0 aliphatic heterocycles. The standard InChI is InChI=1S/C19H32O2S/c1-2-15-22-16-8-7-11-18-13-9-12-17(18)10-5-3-4-6-14-19(20)21/h17-18H,2-6,8-10,12-16H2,1H3,(H,20,21)/t17-,18-/m0/s1. The molecule has 1 saturated carbocycles. The number of rotatable bonds is 11. The molecule has 0 spiro atoms. The van der Waals surface area contributed by atoms with E-state index in [1.54, 1.807) is 0 Å². The molecule has 126 valence electrons. The van der Waals surface area contributed by atoms with E-state index in [1.165, 1.54) is 56.5 Å². The summed E-state index contributed by atoms with van der Waals surface area (Å²) in [5, 5.41) is 8.61. The van der Waals surface area contributed by atoms with E-state index in [1.807, 2.05) is 11.8 Å². The van der Waals surface area contributed by atoms with Gasteiger partial charge in [0.2, 0.25) is 0 Å². The summed E-state index contributed by atoms with van der Waals surface area (Å²) in [4.78, 5) is 10.5. The van der Waals surface area contributed by atoms with Crippen molar-refractivity contribution >= 4 is 17.7 Å². The Labute approximate surface area is 140 Å². The Hall–Kier alpha value is -0.620. The highest BCUT2D eigenvalue weighted by Gasteiger charge is 2.24. The van der Waals surface area contributed by atoms with Gasteiger partial charge >= 0.3 is 5.97 Å². The maximum Gasteiger partial charge on any atom is 0.303 e. The lowest BCUT2D eigenvalue weighted by atomic mass is 9.91.